The molecule has 3 saturated carbocycles. The van der Waals surface area contributed by atoms with Gasteiger partial charge < -0.3 is 0 Å². The fourth-order valence-electron chi connectivity index (χ4n) is 7.35. The van der Waals surface area contributed by atoms with Gasteiger partial charge in [-0.05, 0) is 110 Å². The molecular formula is C27H48F2. The van der Waals surface area contributed by atoms with Crippen LogP contribution in [0, 0.1) is 45.8 Å². The first kappa shape index (κ1) is 23.5. The van der Waals surface area contributed by atoms with E-state index in [1.807, 2.05) is 6.92 Å². The van der Waals surface area contributed by atoms with Crippen molar-refractivity contribution in [3.05, 3.63) is 0 Å². The number of rotatable bonds is 4. The Bertz CT molecular complexity index is 539. The zero-order valence-electron chi connectivity index (χ0n) is 20.4. The van der Waals surface area contributed by atoms with E-state index in [-0.39, 0.29) is 22.7 Å². The molecule has 3 fully saturated rings. The predicted octanol–water partition coefficient (Wildman–Crippen LogP) is 8.78. The summed E-state index contributed by atoms with van der Waals surface area (Å²) in [6.07, 6.45) is 9.37. The Morgan fingerprint density at radius 1 is 0.655 bits per heavy atom. The van der Waals surface area contributed by atoms with Crippen LogP contribution in [0.5, 0.6) is 0 Å². The number of hydrogen-bond donors (Lipinski definition) is 0. The lowest BCUT2D eigenvalue weighted by Gasteiger charge is -2.52. The van der Waals surface area contributed by atoms with E-state index in [0.717, 1.165) is 38.0 Å². The van der Waals surface area contributed by atoms with E-state index in [1.54, 1.807) is 0 Å². The Morgan fingerprint density at radius 3 is 1.72 bits per heavy atom. The predicted molar refractivity (Wildman–Crippen MR) is 120 cm³/mol. The summed E-state index contributed by atoms with van der Waals surface area (Å²) in [4.78, 5) is 0. The van der Waals surface area contributed by atoms with Crippen LogP contribution in [0.25, 0.3) is 0 Å². The van der Waals surface area contributed by atoms with Crippen molar-refractivity contribution in [3.8, 4) is 0 Å². The van der Waals surface area contributed by atoms with E-state index in [1.165, 1.54) is 25.7 Å². The molecule has 6 atom stereocenters. The van der Waals surface area contributed by atoms with Gasteiger partial charge in [0.2, 0.25) is 0 Å². The van der Waals surface area contributed by atoms with E-state index in [4.69, 9.17) is 0 Å². The van der Waals surface area contributed by atoms with Gasteiger partial charge in [-0.1, -0.05) is 48.5 Å². The van der Waals surface area contributed by atoms with Gasteiger partial charge in [0.05, 0.1) is 0 Å². The Hall–Kier alpha value is -0.140. The topological polar surface area (TPSA) is 0 Å². The normalized spacial score (nSPS) is 40.0. The number of alkyl halides is 2. The van der Waals surface area contributed by atoms with Crippen molar-refractivity contribution >= 4 is 0 Å². The Kier molecular flexibility index (Phi) is 6.83. The van der Waals surface area contributed by atoms with Gasteiger partial charge in [0.25, 0.3) is 0 Å². The van der Waals surface area contributed by atoms with E-state index in [0.29, 0.717) is 23.7 Å². The highest BCUT2D eigenvalue weighted by Crippen LogP contribution is 2.56. The molecular weight excluding hydrogens is 362 g/mol. The average Bonchev–Trinajstić information content (AvgIpc) is 2.63. The van der Waals surface area contributed by atoms with Crippen LogP contribution in [0.4, 0.5) is 8.78 Å². The smallest absolute Gasteiger partial charge is 0.104 e. The molecule has 0 heterocycles. The molecule has 3 aliphatic carbocycles. The third-order valence-electron chi connectivity index (χ3n) is 10.3. The Morgan fingerprint density at radius 2 is 1.17 bits per heavy atom. The van der Waals surface area contributed by atoms with Gasteiger partial charge in [0, 0.05) is 0 Å². The summed E-state index contributed by atoms with van der Waals surface area (Å²) in [6.45, 7) is 16.2. The van der Waals surface area contributed by atoms with Crippen molar-refractivity contribution in [2.75, 3.05) is 0 Å². The average molecular weight is 411 g/mol. The first-order valence-corrected chi connectivity index (χ1v) is 12.6. The molecule has 3 rings (SSSR count). The third kappa shape index (κ3) is 4.87. The van der Waals surface area contributed by atoms with Gasteiger partial charge in [0.15, 0.2) is 0 Å². The molecule has 2 heteroatoms. The standard InChI is InChI=1S/C27H48F2/c1-18-8-9-21(16-23(18)28)27(6,7)22-11-10-20(17-24(22)29)26(4,5)19-12-14-25(2,3)15-13-19/h18-24H,8-17H2,1-7H3/t18-,20?,21?,22+,23+,24+/m1/s1. The van der Waals surface area contributed by atoms with Crippen LogP contribution in [-0.4, -0.2) is 12.3 Å². The van der Waals surface area contributed by atoms with Gasteiger partial charge in [-0.25, -0.2) is 8.78 Å². The molecule has 0 aromatic heterocycles. The molecule has 0 radical (unpaired) electrons. The molecule has 3 aliphatic rings. The summed E-state index contributed by atoms with van der Waals surface area (Å²) < 4.78 is 30.1. The maximum Gasteiger partial charge on any atom is 0.104 e. The van der Waals surface area contributed by atoms with Gasteiger partial charge >= 0.3 is 0 Å². The molecule has 0 amide bonds. The second kappa shape index (κ2) is 8.42. The fraction of sp³-hybridized carbons (Fsp3) is 1.00. The van der Waals surface area contributed by atoms with Gasteiger partial charge in [-0.2, -0.15) is 0 Å². The lowest BCUT2D eigenvalue weighted by Crippen LogP contribution is -2.47. The zero-order chi connectivity index (χ0) is 21.6. The minimum Gasteiger partial charge on any atom is -0.247 e. The fourth-order valence-corrected chi connectivity index (χ4v) is 7.35. The summed E-state index contributed by atoms with van der Waals surface area (Å²) in [6, 6.07) is 0. The van der Waals surface area contributed by atoms with Crippen molar-refractivity contribution in [2.24, 2.45) is 45.8 Å². The van der Waals surface area contributed by atoms with Crippen LogP contribution in [0.3, 0.4) is 0 Å². The molecule has 0 saturated heterocycles. The third-order valence-corrected chi connectivity index (χ3v) is 10.3. The monoisotopic (exact) mass is 410 g/mol. The molecule has 0 aliphatic heterocycles. The minimum atomic E-state index is -0.722. The summed E-state index contributed by atoms with van der Waals surface area (Å²) in [7, 11) is 0. The molecule has 0 aromatic rings. The molecule has 170 valence electrons. The molecule has 29 heavy (non-hydrogen) atoms. The summed E-state index contributed by atoms with van der Waals surface area (Å²) in [5, 5.41) is 0. The number of hydrogen-bond acceptors (Lipinski definition) is 0. The summed E-state index contributed by atoms with van der Waals surface area (Å²) in [5.74, 6) is 1.85. The van der Waals surface area contributed by atoms with Crippen LogP contribution in [0.2, 0.25) is 0 Å². The van der Waals surface area contributed by atoms with E-state index in [2.05, 4.69) is 41.5 Å². The molecule has 0 spiro atoms. The van der Waals surface area contributed by atoms with Crippen molar-refractivity contribution in [1.29, 1.82) is 0 Å². The van der Waals surface area contributed by atoms with Gasteiger partial charge in [0.1, 0.15) is 12.3 Å². The lowest BCUT2D eigenvalue weighted by molar-refractivity contribution is -0.0563. The van der Waals surface area contributed by atoms with Crippen molar-refractivity contribution < 1.29 is 8.78 Å². The first-order chi connectivity index (χ1) is 13.3. The van der Waals surface area contributed by atoms with E-state index in [9.17, 15) is 4.39 Å². The minimum absolute atomic E-state index is 0.0894. The highest BCUT2D eigenvalue weighted by molar-refractivity contribution is 4.99. The largest absolute Gasteiger partial charge is 0.247 e. The SMILES string of the molecule is C[C@@H]1CCC(C(C)(C)[C@H]2CCC(C(C)(C)C3CCC(C)(C)CC3)C[C@@H]2F)C[C@@H]1F. The van der Waals surface area contributed by atoms with Crippen LogP contribution in [-0.2, 0) is 0 Å². The molecule has 0 nitrogen and oxygen atoms in total. The van der Waals surface area contributed by atoms with Crippen LogP contribution in [0.15, 0.2) is 0 Å². The lowest BCUT2D eigenvalue weighted by atomic mass is 9.54. The first-order valence-electron chi connectivity index (χ1n) is 12.6. The van der Waals surface area contributed by atoms with Crippen molar-refractivity contribution in [1.82, 2.24) is 0 Å². The van der Waals surface area contributed by atoms with Crippen LogP contribution >= 0.6 is 0 Å². The Labute approximate surface area is 180 Å². The van der Waals surface area contributed by atoms with Gasteiger partial charge in [-0.15, -0.1) is 0 Å². The van der Waals surface area contributed by atoms with E-state index < -0.39 is 12.3 Å². The number of halogens is 2. The molecule has 0 bridgehead atoms. The van der Waals surface area contributed by atoms with Crippen LogP contribution < -0.4 is 0 Å². The molecule has 0 aromatic carbocycles. The van der Waals surface area contributed by atoms with Crippen LogP contribution in [0.1, 0.15) is 113 Å². The quantitative estimate of drug-likeness (QED) is 0.434. The van der Waals surface area contributed by atoms with E-state index >= 15 is 4.39 Å². The maximum absolute atomic E-state index is 15.6. The van der Waals surface area contributed by atoms with Crippen molar-refractivity contribution in [3.63, 3.8) is 0 Å². The Balaban J connectivity index is 1.62. The highest BCUT2D eigenvalue weighted by Gasteiger charge is 2.49. The summed E-state index contributed by atoms with van der Waals surface area (Å²) in [5.41, 5.74) is 0.636. The molecule has 0 N–H and O–H groups in total. The second-order valence-corrected chi connectivity index (χ2v) is 13.2. The summed E-state index contributed by atoms with van der Waals surface area (Å²) >= 11 is 0. The molecule has 2 unspecified atom stereocenters. The second-order valence-electron chi connectivity index (χ2n) is 13.2. The highest BCUT2D eigenvalue weighted by atomic mass is 19.1. The van der Waals surface area contributed by atoms with Crippen molar-refractivity contribution in [2.45, 2.75) is 125 Å². The zero-order valence-corrected chi connectivity index (χ0v) is 20.4. The van der Waals surface area contributed by atoms with Gasteiger partial charge in [-0.3, -0.25) is 0 Å². The maximum atomic E-state index is 15.6.